The lowest BCUT2D eigenvalue weighted by Crippen LogP contribution is -2.24. The molecule has 198 valence electrons. The van der Waals surface area contributed by atoms with Crippen molar-refractivity contribution in [3.05, 3.63) is 0 Å². The Labute approximate surface area is 207 Å². The van der Waals surface area contributed by atoms with Crippen molar-refractivity contribution in [3.63, 3.8) is 0 Å². The Morgan fingerprint density at radius 1 is 0.515 bits per heavy atom. The molecule has 0 radical (unpaired) electrons. The Bertz CT molecular complexity index is 383. The number of hydrogen-bond acceptors (Lipinski definition) is 2. The van der Waals surface area contributed by atoms with Gasteiger partial charge in [-0.25, -0.2) is 4.79 Å². The van der Waals surface area contributed by atoms with Crippen LogP contribution in [0.15, 0.2) is 0 Å². The lowest BCUT2D eigenvalue weighted by molar-refractivity contribution is -0.151. The average Bonchev–Trinajstić information content (AvgIpc) is 2.81. The third kappa shape index (κ3) is 25.9. The Kier molecular flexibility index (Phi) is 27.2. The molecule has 3 heteroatoms. The fourth-order valence-corrected chi connectivity index (χ4v) is 4.62. The van der Waals surface area contributed by atoms with Crippen LogP contribution in [0.25, 0.3) is 0 Å². The molecule has 0 spiro atoms. The summed E-state index contributed by atoms with van der Waals surface area (Å²) in [6, 6.07) is 0. The Balaban J connectivity index is 3.41. The minimum atomic E-state index is -0.781. The Morgan fingerprint density at radius 3 is 1.15 bits per heavy atom. The minimum Gasteiger partial charge on any atom is -0.479 e. The first-order valence-electron chi connectivity index (χ1n) is 15.1. The van der Waals surface area contributed by atoms with Crippen LogP contribution in [0.2, 0.25) is 0 Å². The van der Waals surface area contributed by atoms with Gasteiger partial charge in [0.05, 0.1) is 0 Å². The van der Waals surface area contributed by atoms with Gasteiger partial charge in [0.15, 0.2) is 6.10 Å². The number of hydrogen-bond donors (Lipinski definition) is 1. The molecular weight excluding hydrogens is 408 g/mol. The second-order valence-electron chi connectivity index (χ2n) is 10.3. The van der Waals surface area contributed by atoms with Crippen LogP contribution in [0, 0.1) is 0 Å². The molecule has 0 aliphatic carbocycles. The van der Waals surface area contributed by atoms with Crippen molar-refractivity contribution in [1.82, 2.24) is 0 Å². The molecule has 0 aromatic heterocycles. The number of ether oxygens (including phenoxy) is 1. The highest BCUT2D eigenvalue weighted by Crippen LogP contribution is 2.15. The van der Waals surface area contributed by atoms with Crippen LogP contribution in [0.3, 0.4) is 0 Å². The van der Waals surface area contributed by atoms with Crippen LogP contribution < -0.4 is 0 Å². The molecule has 33 heavy (non-hydrogen) atoms. The van der Waals surface area contributed by atoms with E-state index in [1.807, 2.05) is 0 Å². The highest BCUT2D eigenvalue weighted by Gasteiger charge is 2.17. The molecular formula is C30H60O3. The van der Waals surface area contributed by atoms with Crippen LogP contribution in [0.1, 0.15) is 174 Å². The maximum atomic E-state index is 11.5. The topological polar surface area (TPSA) is 46.5 Å². The normalized spacial score (nSPS) is 12.3. The second kappa shape index (κ2) is 27.7. The first kappa shape index (κ1) is 32.4. The van der Waals surface area contributed by atoms with Crippen molar-refractivity contribution in [3.8, 4) is 0 Å². The van der Waals surface area contributed by atoms with Gasteiger partial charge in [-0.2, -0.15) is 0 Å². The third-order valence-corrected chi connectivity index (χ3v) is 6.91. The first-order valence-corrected chi connectivity index (χ1v) is 15.1. The molecule has 0 aromatic carbocycles. The molecule has 0 amide bonds. The highest BCUT2D eigenvalue weighted by molar-refractivity contribution is 5.72. The summed E-state index contributed by atoms with van der Waals surface area (Å²) >= 11 is 0. The Morgan fingerprint density at radius 2 is 0.818 bits per heavy atom. The molecule has 0 fully saturated rings. The maximum absolute atomic E-state index is 11.5. The third-order valence-electron chi connectivity index (χ3n) is 6.91. The van der Waals surface area contributed by atoms with E-state index in [2.05, 4.69) is 13.8 Å². The molecule has 1 atom stereocenters. The smallest absolute Gasteiger partial charge is 0.332 e. The second-order valence-corrected chi connectivity index (χ2v) is 10.3. The molecule has 0 heterocycles. The summed E-state index contributed by atoms with van der Waals surface area (Å²) in [6.45, 7) is 5.14. The molecule has 0 rings (SSSR count). The largest absolute Gasteiger partial charge is 0.479 e. The quantitative estimate of drug-likeness (QED) is 0.116. The molecule has 1 N–H and O–H groups in total. The van der Waals surface area contributed by atoms with E-state index in [4.69, 9.17) is 4.74 Å². The van der Waals surface area contributed by atoms with Crippen molar-refractivity contribution in [2.24, 2.45) is 0 Å². The summed E-state index contributed by atoms with van der Waals surface area (Å²) in [4.78, 5) is 11.5. The van der Waals surface area contributed by atoms with E-state index in [9.17, 15) is 9.90 Å². The summed E-state index contributed by atoms with van der Waals surface area (Å²) in [7, 11) is 0. The van der Waals surface area contributed by atoms with Crippen LogP contribution in [-0.4, -0.2) is 23.8 Å². The van der Waals surface area contributed by atoms with E-state index in [0.29, 0.717) is 13.0 Å². The number of carbonyl (C=O) groups is 1. The summed E-state index contributed by atoms with van der Waals surface area (Å²) in [5.74, 6) is -0.781. The van der Waals surface area contributed by atoms with Gasteiger partial charge in [-0.1, -0.05) is 162 Å². The summed E-state index contributed by atoms with van der Waals surface area (Å²) < 4.78 is 5.69. The number of carboxylic acids is 1. The van der Waals surface area contributed by atoms with Crippen molar-refractivity contribution >= 4 is 5.97 Å². The lowest BCUT2D eigenvalue weighted by Gasteiger charge is -2.13. The molecule has 1 unspecified atom stereocenters. The predicted octanol–water partition coefficient (Wildman–Crippen LogP) is 10.2. The van der Waals surface area contributed by atoms with Gasteiger partial charge < -0.3 is 9.84 Å². The van der Waals surface area contributed by atoms with Crippen LogP contribution in [-0.2, 0) is 9.53 Å². The fraction of sp³-hybridized carbons (Fsp3) is 0.967. The maximum Gasteiger partial charge on any atom is 0.332 e. The summed E-state index contributed by atoms with van der Waals surface area (Å²) in [6.07, 6.45) is 31.6. The number of unbranched alkanes of at least 4 members (excludes halogenated alkanes) is 22. The first-order chi connectivity index (χ1) is 16.2. The van der Waals surface area contributed by atoms with Crippen LogP contribution >= 0.6 is 0 Å². The van der Waals surface area contributed by atoms with Gasteiger partial charge in [0.1, 0.15) is 0 Å². The predicted molar refractivity (Wildman–Crippen MR) is 144 cm³/mol. The number of carboxylic acid groups (broad SMARTS) is 1. The molecule has 0 saturated carbocycles. The van der Waals surface area contributed by atoms with E-state index >= 15 is 0 Å². The molecule has 3 nitrogen and oxygen atoms in total. The van der Waals surface area contributed by atoms with Crippen molar-refractivity contribution in [2.75, 3.05) is 6.61 Å². The highest BCUT2D eigenvalue weighted by atomic mass is 16.5. The van der Waals surface area contributed by atoms with Crippen molar-refractivity contribution < 1.29 is 14.6 Å². The van der Waals surface area contributed by atoms with Gasteiger partial charge >= 0.3 is 5.97 Å². The average molecular weight is 469 g/mol. The summed E-state index contributed by atoms with van der Waals surface area (Å²) in [5.41, 5.74) is 0. The zero-order valence-electron chi connectivity index (χ0n) is 22.7. The molecule has 0 bridgehead atoms. The van der Waals surface area contributed by atoms with E-state index < -0.39 is 12.1 Å². The van der Waals surface area contributed by atoms with E-state index in [-0.39, 0.29) is 0 Å². The van der Waals surface area contributed by atoms with Gasteiger partial charge in [-0.05, 0) is 12.8 Å². The van der Waals surface area contributed by atoms with Gasteiger partial charge in [-0.15, -0.1) is 0 Å². The standard InChI is InChI=1S/C30H60O3/c1-3-5-7-9-11-13-15-16-17-18-19-21-23-25-27-29(30(31)32)33-28-26-24-22-20-14-12-10-8-6-4-2/h29H,3-28H2,1-2H3,(H,31,32). The Hall–Kier alpha value is -0.570. The van der Waals surface area contributed by atoms with E-state index in [1.165, 1.54) is 135 Å². The monoisotopic (exact) mass is 468 g/mol. The van der Waals surface area contributed by atoms with Crippen LogP contribution in [0.5, 0.6) is 0 Å². The van der Waals surface area contributed by atoms with Gasteiger partial charge in [0, 0.05) is 6.61 Å². The minimum absolute atomic E-state index is 0.596. The lowest BCUT2D eigenvalue weighted by atomic mass is 10.0. The molecule has 0 aromatic rings. The van der Waals surface area contributed by atoms with Gasteiger partial charge in [0.2, 0.25) is 0 Å². The zero-order valence-corrected chi connectivity index (χ0v) is 22.7. The van der Waals surface area contributed by atoms with Gasteiger partial charge in [-0.3, -0.25) is 0 Å². The molecule has 0 aliphatic heterocycles. The number of aliphatic carboxylic acids is 1. The SMILES string of the molecule is CCCCCCCCCCCCCCCCC(OCCCCCCCCCCCC)C(=O)O. The molecule has 0 aliphatic rings. The van der Waals surface area contributed by atoms with Crippen molar-refractivity contribution in [1.29, 1.82) is 0 Å². The van der Waals surface area contributed by atoms with E-state index in [1.54, 1.807) is 0 Å². The number of rotatable bonds is 28. The summed E-state index contributed by atoms with van der Waals surface area (Å²) in [5, 5.41) is 9.41. The van der Waals surface area contributed by atoms with Crippen molar-refractivity contribution in [2.45, 2.75) is 180 Å². The molecule has 0 saturated heterocycles. The van der Waals surface area contributed by atoms with E-state index in [0.717, 1.165) is 19.3 Å². The van der Waals surface area contributed by atoms with Crippen LogP contribution in [0.4, 0.5) is 0 Å². The fourth-order valence-electron chi connectivity index (χ4n) is 4.62. The zero-order chi connectivity index (χ0) is 24.2. The van der Waals surface area contributed by atoms with Gasteiger partial charge in [0.25, 0.3) is 0 Å².